The van der Waals surface area contributed by atoms with Crippen molar-refractivity contribution in [3.05, 3.63) is 41.2 Å². The summed E-state index contributed by atoms with van der Waals surface area (Å²) in [6.45, 7) is 0.154. The Balaban J connectivity index is 1.64. The lowest BCUT2D eigenvalue weighted by atomic mass is 10.0. The molecular weight excluding hydrogens is 442 g/mol. The predicted octanol–water partition coefficient (Wildman–Crippen LogP) is 1.53. The number of β-amino-alcohol motifs (C(OH)–C–C–N with tert-alkyl or cyclic N) is 1. The maximum absolute atomic E-state index is 14.3. The van der Waals surface area contributed by atoms with Crippen molar-refractivity contribution in [1.82, 2.24) is 23.9 Å². The monoisotopic (exact) mass is 458 g/mol. The molecule has 0 unspecified atom stereocenters. The molecule has 4 rings (SSSR count). The van der Waals surface area contributed by atoms with E-state index in [0.29, 0.717) is 6.42 Å². The first-order chi connectivity index (χ1) is 14.1. The first kappa shape index (κ1) is 20.8. The number of sulfonamides is 1. The third-order valence-electron chi connectivity index (χ3n) is 4.85. The lowest BCUT2D eigenvalue weighted by molar-refractivity contribution is 0.0950. The van der Waals surface area contributed by atoms with E-state index in [1.54, 1.807) is 0 Å². The zero-order chi connectivity index (χ0) is 21.6. The Morgan fingerprint density at radius 3 is 2.67 bits per heavy atom. The second-order valence-electron chi connectivity index (χ2n) is 6.97. The SMILES string of the molecule is CS(=O)(=O)N1CC[C@@H](Nc2ncc3c(F)cc(-c4ncc(Cl)cc4F)n3n2)[C@H](O)C1. The van der Waals surface area contributed by atoms with Gasteiger partial charge in [0.25, 0.3) is 0 Å². The van der Waals surface area contributed by atoms with Crippen LogP contribution in [0.3, 0.4) is 0 Å². The van der Waals surface area contributed by atoms with Gasteiger partial charge in [-0.2, -0.15) is 4.31 Å². The normalized spacial score (nSPS) is 20.6. The van der Waals surface area contributed by atoms with E-state index in [-0.39, 0.29) is 41.0 Å². The molecule has 2 atom stereocenters. The topological polar surface area (TPSA) is 113 Å². The van der Waals surface area contributed by atoms with Crippen molar-refractivity contribution in [2.75, 3.05) is 24.7 Å². The van der Waals surface area contributed by atoms with Crippen molar-refractivity contribution < 1.29 is 22.3 Å². The Bertz CT molecular complexity index is 1220. The molecule has 1 aliphatic rings. The summed E-state index contributed by atoms with van der Waals surface area (Å²) >= 11 is 5.73. The molecule has 3 aromatic heterocycles. The molecular formula is C17H17ClF2N6O3S. The number of nitrogens with one attached hydrogen (secondary N) is 1. The van der Waals surface area contributed by atoms with Gasteiger partial charge < -0.3 is 10.4 Å². The maximum Gasteiger partial charge on any atom is 0.241 e. The van der Waals surface area contributed by atoms with E-state index in [2.05, 4.69) is 20.4 Å². The van der Waals surface area contributed by atoms with Crippen LogP contribution in [0.4, 0.5) is 14.7 Å². The van der Waals surface area contributed by atoms with Crippen LogP contribution >= 0.6 is 11.6 Å². The molecule has 2 N–H and O–H groups in total. The molecule has 30 heavy (non-hydrogen) atoms. The predicted molar refractivity (Wildman–Crippen MR) is 106 cm³/mol. The average molecular weight is 459 g/mol. The minimum atomic E-state index is -3.41. The van der Waals surface area contributed by atoms with Gasteiger partial charge in [0, 0.05) is 25.4 Å². The van der Waals surface area contributed by atoms with Crippen molar-refractivity contribution in [3.63, 3.8) is 0 Å². The summed E-state index contributed by atoms with van der Waals surface area (Å²) in [6, 6.07) is 1.63. The molecule has 0 bridgehead atoms. The van der Waals surface area contributed by atoms with Crippen molar-refractivity contribution in [2.45, 2.75) is 18.6 Å². The maximum atomic E-state index is 14.3. The summed E-state index contributed by atoms with van der Waals surface area (Å²) < 4.78 is 54.3. The lowest BCUT2D eigenvalue weighted by Gasteiger charge is -2.34. The number of rotatable bonds is 4. The molecule has 0 amide bonds. The van der Waals surface area contributed by atoms with Gasteiger partial charge in [-0.15, -0.1) is 5.10 Å². The van der Waals surface area contributed by atoms with Gasteiger partial charge in [0.2, 0.25) is 16.0 Å². The fraction of sp³-hybridized carbons (Fsp3) is 0.353. The van der Waals surface area contributed by atoms with Gasteiger partial charge in [-0.05, 0) is 12.5 Å². The van der Waals surface area contributed by atoms with Crippen LogP contribution < -0.4 is 5.32 Å². The highest BCUT2D eigenvalue weighted by molar-refractivity contribution is 7.88. The standard InChI is InChI=1S/C17H17ClF2N6O3S/c1-30(28,29)25-3-2-12(15(27)8-25)23-17-22-7-14-10(19)5-13(26(14)24-17)16-11(20)4-9(18)6-21-16/h4-7,12,15,27H,2-3,8H2,1H3,(H,23,24)/t12-,15-/m1/s1. The van der Waals surface area contributed by atoms with Crippen LogP contribution in [0.25, 0.3) is 16.9 Å². The van der Waals surface area contributed by atoms with E-state index < -0.39 is 33.8 Å². The molecule has 1 aliphatic heterocycles. The number of hydrogen-bond donors (Lipinski definition) is 2. The zero-order valence-electron chi connectivity index (χ0n) is 15.6. The van der Waals surface area contributed by atoms with Crippen LogP contribution in [0.5, 0.6) is 0 Å². The molecule has 9 nitrogen and oxygen atoms in total. The number of fused-ring (bicyclic) bond motifs is 1. The highest BCUT2D eigenvalue weighted by Gasteiger charge is 2.32. The molecule has 160 valence electrons. The molecule has 0 saturated carbocycles. The van der Waals surface area contributed by atoms with Crippen molar-refractivity contribution >= 4 is 33.1 Å². The first-order valence-electron chi connectivity index (χ1n) is 8.89. The smallest absolute Gasteiger partial charge is 0.241 e. The van der Waals surface area contributed by atoms with Crippen LogP contribution in [0.15, 0.2) is 24.5 Å². The first-order valence-corrected chi connectivity index (χ1v) is 11.1. The van der Waals surface area contributed by atoms with E-state index in [9.17, 15) is 22.3 Å². The number of hydrogen-bond acceptors (Lipinski definition) is 7. The van der Waals surface area contributed by atoms with Crippen molar-refractivity contribution in [3.8, 4) is 11.4 Å². The molecule has 1 saturated heterocycles. The third kappa shape index (κ3) is 3.95. The molecule has 0 radical (unpaired) electrons. The summed E-state index contributed by atoms with van der Waals surface area (Å²) in [7, 11) is -3.41. The van der Waals surface area contributed by atoms with Crippen LogP contribution in [0, 0.1) is 11.6 Å². The van der Waals surface area contributed by atoms with E-state index in [1.165, 1.54) is 16.7 Å². The van der Waals surface area contributed by atoms with Gasteiger partial charge in [-0.1, -0.05) is 11.6 Å². The summed E-state index contributed by atoms with van der Waals surface area (Å²) in [4.78, 5) is 7.97. The number of halogens is 3. The van der Waals surface area contributed by atoms with Gasteiger partial charge in [-0.3, -0.25) is 0 Å². The Kier molecular flexibility index (Phi) is 5.34. The minimum absolute atomic E-state index is 0.0131. The number of aromatic nitrogens is 4. The molecule has 0 aliphatic carbocycles. The quantitative estimate of drug-likeness (QED) is 0.609. The van der Waals surface area contributed by atoms with Crippen molar-refractivity contribution in [2.24, 2.45) is 0 Å². The summed E-state index contributed by atoms with van der Waals surface area (Å²) in [5.74, 6) is -1.33. The minimum Gasteiger partial charge on any atom is -0.390 e. The number of pyridine rings is 1. The average Bonchev–Trinajstić information content (AvgIpc) is 2.98. The van der Waals surface area contributed by atoms with E-state index >= 15 is 0 Å². The number of anilines is 1. The van der Waals surface area contributed by atoms with E-state index in [1.807, 2.05) is 0 Å². The van der Waals surface area contributed by atoms with Crippen LogP contribution in [-0.4, -0.2) is 68.9 Å². The van der Waals surface area contributed by atoms with Crippen LogP contribution in [0.2, 0.25) is 5.02 Å². The zero-order valence-corrected chi connectivity index (χ0v) is 17.2. The van der Waals surface area contributed by atoms with Crippen LogP contribution in [-0.2, 0) is 10.0 Å². The molecule has 0 aromatic carbocycles. The number of aliphatic hydroxyl groups is 1. The van der Waals surface area contributed by atoms with Gasteiger partial charge in [-0.25, -0.2) is 31.7 Å². The highest BCUT2D eigenvalue weighted by Crippen LogP contribution is 2.27. The third-order valence-corrected chi connectivity index (χ3v) is 6.32. The fourth-order valence-corrected chi connectivity index (χ4v) is 4.33. The molecule has 13 heteroatoms. The molecule has 1 fully saturated rings. The second kappa shape index (κ2) is 7.69. The Morgan fingerprint density at radius 2 is 2.00 bits per heavy atom. The molecule has 4 heterocycles. The van der Waals surface area contributed by atoms with Crippen molar-refractivity contribution in [1.29, 1.82) is 0 Å². The summed E-state index contributed by atoms with van der Waals surface area (Å²) in [5.41, 5.74) is -0.0573. The van der Waals surface area contributed by atoms with Gasteiger partial charge >= 0.3 is 0 Å². The molecule has 0 spiro atoms. The van der Waals surface area contributed by atoms with Gasteiger partial charge in [0.15, 0.2) is 11.6 Å². The Hall–Kier alpha value is -2.41. The Morgan fingerprint density at radius 1 is 1.23 bits per heavy atom. The number of nitrogens with zero attached hydrogens (tertiary/aromatic N) is 5. The van der Waals surface area contributed by atoms with E-state index in [4.69, 9.17) is 11.6 Å². The van der Waals surface area contributed by atoms with Gasteiger partial charge in [0.1, 0.15) is 11.2 Å². The second-order valence-corrected chi connectivity index (χ2v) is 9.39. The summed E-state index contributed by atoms with van der Waals surface area (Å²) in [5, 5.41) is 17.6. The van der Waals surface area contributed by atoms with Crippen LogP contribution in [0.1, 0.15) is 6.42 Å². The largest absolute Gasteiger partial charge is 0.390 e. The van der Waals surface area contributed by atoms with Gasteiger partial charge in [0.05, 0.1) is 35.3 Å². The Labute approximate surface area is 175 Å². The highest BCUT2D eigenvalue weighted by atomic mass is 35.5. The molecule has 3 aromatic rings. The fourth-order valence-electron chi connectivity index (χ4n) is 3.33. The van der Waals surface area contributed by atoms with E-state index in [0.717, 1.165) is 22.9 Å². The summed E-state index contributed by atoms with van der Waals surface area (Å²) in [6.07, 6.45) is 2.86. The number of aliphatic hydroxyl groups excluding tert-OH is 1. The number of piperidine rings is 1. The lowest BCUT2D eigenvalue weighted by Crippen LogP contribution is -2.51.